The molecule has 0 saturated carbocycles. The van der Waals surface area contributed by atoms with Crippen LogP contribution in [0.1, 0.15) is 0 Å². The molecule has 13 heavy (non-hydrogen) atoms. The molecule has 0 aliphatic heterocycles. The maximum atomic E-state index is 3.55. The lowest BCUT2D eigenvalue weighted by Crippen LogP contribution is -2.60. The van der Waals surface area contributed by atoms with E-state index in [1.54, 1.807) is 5.19 Å². The molecule has 0 radical (unpaired) electrons. The van der Waals surface area contributed by atoms with E-state index in [2.05, 4.69) is 60.1 Å². The van der Waals surface area contributed by atoms with Gasteiger partial charge in [-0.05, 0) is 27.4 Å². The van der Waals surface area contributed by atoms with E-state index in [0.717, 1.165) is 0 Å². The van der Waals surface area contributed by atoms with Crippen molar-refractivity contribution in [3.63, 3.8) is 0 Å². The molecule has 0 aliphatic carbocycles. The molecule has 0 spiro atoms. The van der Waals surface area contributed by atoms with E-state index in [1.807, 2.05) is 11.3 Å². The largest absolute Gasteiger partial charge is 0.137 e. The van der Waals surface area contributed by atoms with Crippen LogP contribution in [0.4, 0.5) is 0 Å². The predicted octanol–water partition coefficient (Wildman–Crippen LogP) is 3.84. The number of hydrogen-bond acceptors (Lipinski definition) is 1. The zero-order valence-electron chi connectivity index (χ0n) is 8.94. The second-order valence-electron chi connectivity index (χ2n) is 5.01. The highest BCUT2D eigenvalue weighted by atomic mass is 79.9. The van der Waals surface area contributed by atoms with Crippen LogP contribution in [0, 0.1) is 0 Å². The normalized spacial score (nSPS) is 13.4. The Balaban J connectivity index is 3.07. The molecule has 0 nitrogen and oxygen atoms in total. The van der Waals surface area contributed by atoms with Crippen LogP contribution in [0.2, 0.25) is 32.7 Å². The van der Waals surface area contributed by atoms with Crippen molar-refractivity contribution >= 4 is 47.6 Å². The van der Waals surface area contributed by atoms with Gasteiger partial charge in [0, 0.05) is 7.59 Å². The van der Waals surface area contributed by atoms with Gasteiger partial charge in [-0.2, -0.15) is 0 Å². The Morgan fingerprint density at radius 2 is 1.69 bits per heavy atom. The highest BCUT2D eigenvalue weighted by Gasteiger charge is 2.38. The van der Waals surface area contributed by atoms with Crippen molar-refractivity contribution in [3.05, 3.63) is 15.2 Å². The highest BCUT2D eigenvalue weighted by molar-refractivity contribution is 9.11. The lowest BCUT2D eigenvalue weighted by atomic mass is 10.7. The van der Waals surface area contributed by atoms with E-state index in [9.17, 15) is 0 Å². The standard InChI is InChI=1S/C9H17BrSSi2/c1-12(2,3)13(4,5)8-6-9(10)11-7-8/h6-7H,1-5H3. The molecule has 1 aromatic heterocycles. The topological polar surface area (TPSA) is 0 Å². The molecule has 0 atom stereocenters. The number of halogens is 1. The van der Waals surface area contributed by atoms with Gasteiger partial charge in [0.15, 0.2) is 0 Å². The summed E-state index contributed by atoms with van der Waals surface area (Å²) in [5.74, 6) is 0. The van der Waals surface area contributed by atoms with Gasteiger partial charge in [0.1, 0.15) is 0 Å². The van der Waals surface area contributed by atoms with E-state index in [1.165, 1.54) is 3.79 Å². The third kappa shape index (κ3) is 2.35. The summed E-state index contributed by atoms with van der Waals surface area (Å²) in [4.78, 5) is 0. The molecule has 0 saturated heterocycles. The minimum atomic E-state index is -1.14. The summed E-state index contributed by atoms with van der Waals surface area (Å²) < 4.78 is 1.28. The Kier molecular flexibility index (Phi) is 3.27. The molecule has 74 valence electrons. The first-order valence-electron chi connectivity index (χ1n) is 4.49. The van der Waals surface area contributed by atoms with Gasteiger partial charge in [-0.15, -0.1) is 11.3 Å². The van der Waals surface area contributed by atoms with Gasteiger partial charge < -0.3 is 0 Å². The van der Waals surface area contributed by atoms with Crippen LogP contribution in [-0.4, -0.2) is 15.2 Å². The molecule has 0 unspecified atom stereocenters. The quantitative estimate of drug-likeness (QED) is 0.727. The lowest BCUT2D eigenvalue weighted by Gasteiger charge is -2.34. The maximum Gasteiger partial charge on any atom is 0.0747 e. The first-order chi connectivity index (χ1) is 5.75. The minimum Gasteiger partial charge on any atom is -0.137 e. The van der Waals surface area contributed by atoms with E-state index in [-0.39, 0.29) is 0 Å². The fraction of sp³-hybridized carbons (Fsp3) is 0.556. The Labute approximate surface area is 95.3 Å². The number of thiophene rings is 1. The molecular weight excluding hydrogens is 276 g/mol. The first kappa shape index (κ1) is 11.7. The van der Waals surface area contributed by atoms with Crippen LogP contribution in [0.3, 0.4) is 0 Å². The monoisotopic (exact) mass is 292 g/mol. The van der Waals surface area contributed by atoms with Gasteiger partial charge in [-0.25, -0.2) is 0 Å². The zero-order valence-corrected chi connectivity index (χ0v) is 13.3. The summed E-state index contributed by atoms with van der Waals surface area (Å²) >= 11 is 5.37. The fourth-order valence-corrected chi connectivity index (χ4v) is 8.49. The molecule has 0 amide bonds. The fourth-order valence-electron chi connectivity index (χ4n) is 1.07. The van der Waals surface area contributed by atoms with E-state index in [0.29, 0.717) is 0 Å². The van der Waals surface area contributed by atoms with Crippen molar-refractivity contribution in [3.8, 4) is 0 Å². The molecular formula is C9H17BrSSi2. The zero-order chi connectivity index (χ0) is 10.3. The average molecular weight is 293 g/mol. The third-order valence-corrected chi connectivity index (χ3v) is 22.5. The summed E-state index contributed by atoms with van der Waals surface area (Å²) in [6, 6.07) is 2.33. The van der Waals surface area contributed by atoms with Gasteiger partial charge in [0.05, 0.1) is 11.4 Å². The second kappa shape index (κ2) is 3.64. The third-order valence-electron chi connectivity index (χ3n) is 3.16. The van der Waals surface area contributed by atoms with Crippen molar-refractivity contribution in [1.29, 1.82) is 0 Å². The molecule has 0 bridgehead atoms. The van der Waals surface area contributed by atoms with E-state index >= 15 is 0 Å². The molecule has 1 aromatic rings. The van der Waals surface area contributed by atoms with Crippen molar-refractivity contribution in [2.24, 2.45) is 0 Å². The lowest BCUT2D eigenvalue weighted by molar-refractivity contribution is 1.74. The first-order valence-corrected chi connectivity index (χ1v) is 13.7. The Hall–Kier alpha value is 0.614. The summed E-state index contributed by atoms with van der Waals surface area (Å²) in [6.07, 6.45) is 0. The van der Waals surface area contributed by atoms with Gasteiger partial charge in [0.25, 0.3) is 0 Å². The molecule has 1 rings (SSSR count). The smallest absolute Gasteiger partial charge is 0.0747 e. The van der Waals surface area contributed by atoms with Crippen molar-refractivity contribution < 1.29 is 0 Å². The van der Waals surface area contributed by atoms with E-state index in [4.69, 9.17) is 0 Å². The molecule has 4 heteroatoms. The Morgan fingerprint density at radius 3 is 2.00 bits per heavy atom. The van der Waals surface area contributed by atoms with Gasteiger partial charge >= 0.3 is 0 Å². The van der Waals surface area contributed by atoms with Crippen LogP contribution in [0.5, 0.6) is 0 Å². The number of hydrogen-bond donors (Lipinski definition) is 0. The van der Waals surface area contributed by atoms with Crippen molar-refractivity contribution in [2.45, 2.75) is 32.7 Å². The Morgan fingerprint density at radius 1 is 1.15 bits per heavy atom. The van der Waals surface area contributed by atoms with Crippen LogP contribution in [0.25, 0.3) is 0 Å². The maximum absolute atomic E-state index is 3.55. The average Bonchev–Trinajstić information content (AvgIpc) is 2.33. The molecule has 1 heterocycles. The molecule has 0 N–H and O–H groups in total. The predicted molar refractivity (Wildman–Crippen MR) is 72.5 cm³/mol. The van der Waals surface area contributed by atoms with Crippen LogP contribution in [-0.2, 0) is 0 Å². The van der Waals surface area contributed by atoms with Crippen LogP contribution >= 0.6 is 27.3 Å². The van der Waals surface area contributed by atoms with E-state index < -0.39 is 15.2 Å². The van der Waals surface area contributed by atoms with Crippen molar-refractivity contribution in [1.82, 2.24) is 0 Å². The summed E-state index contributed by atoms with van der Waals surface area (Å²) in [6.45, 7) is 12.5. The summed E-state index contributed by atoms with van der Waals surface area (Å²) in [5.41, 5.74) is 0. The van der Waals surface area contributed by atoms with Gasteiger partial charge in [0.2, 0.25) is 0 Å². The van der Waals surface area contributed by atoms with Crippen molar-refractivity contribution in [2.75, 3.05) is 0 Å². The second-order valence-corrected chi connectivity index (χ2v) is 23.9. The molecule has 0 fully saturated rings. The highest BCUT2D eigenvalue weighted by Crippen LogP contribution is 2.23. The Bertz CT molecular complexity index is 299. The van der Waals surface area contributed by atoms with Crippen LogP contribution < -0.4 is 5.19 Å². The summed E-state index contributed by atoms with van der Waals surface area (Å²) in [5, 5.41) is 3.97. The molecule has 0 aromatic carbocycles. The van der Waals surface area contributed by atoms with Gasteiger partial charge in [-0.1, -0.05) is 37.9 Å². The minimum absolute atomic E-state index is 0.988. The SMILES string of the molecule is C[Si](C)(C)[Si](C)(C)c1csc(Br)c1. The molecule has 0 aliphatic rings. The number of rotatable bonds is 2. The van der Waals surface area contributed by atoms with Gasteiger partial charge in [-0.3, -0.25) is 0 Å². The summed E-state index contributed by atoms with van der Waals surface area (Å²) in [7, 11) is -2.13. The van der Waals surface area contributed by atoms with Crippen LogP contribution in [0.15, 0.2) is 15.2 Å².